The van der Waals surface area contributed by atoms with Crippen LogP contribution >= 0.6 is 0 Å². The Bertz CT molecular complexity index is 523. The first-order valence-electron chi connectivity index (χ1n) is 6.54. The predicted molar refractivity (Wildman–Crippen MR) is 72.1 cm³/mol. The molecule has 0 radical (unpaired) electrons. The van der Waals surface area contributed by atoms with Crippen LogP contribution in [0.2, 0.25) is 0 Å². The number of aromatic nitrogens is 1. The van der Waals surface area contributed by atoms with E-state index in [0.29, 0.717) is 6.04 Å². The highest BCUT2D eigenvalue weighted by molar-refractivity contribution is 5.83. The van der Waals surface area contributed by atoms with Crippen molar-refractivity contribution in [3.8, 4) is 0 Å². The minimum atomic E-state index is 0.409. The Hall–Kier alpha value is -1.28. The van der Waals surface area contributed by atoms with Gasteiger partial charge in [-0.1, -0.05) is 18.2 Å². The maximum Gasteiger partial charge on any atom is 0.0528 e. The summed E-state index contributed by atoms with van der Waals surface area (Å²) < 4.78 is 2.44. The first kappa shape index (κ1) is 10.8. The first-order chi connectivity index (χ1) is 8.29. The van der Waals surface area contributed by atoms with Crippen molar-refractivity contribution in [3.05, 3.63) is 36.0 Å². The molecule has 0 aliphatic heterocycles. The summed E-state index contributed by atoms with van der Waals surface area (Å²) in [6, 6.07) is 9.26. The van der Waals surface area contributed by atoms with Crippen LogP contribution in [-0.2, 0) is 6.54 Å². The van der Waals surface area contributed by atoms with Gasteiger partial charge in [-0.15, -0.1) is 0 Å². The molecule has 0 spiro atoms. The Morgan fingerprint density at radius 3 is 2.88 bits per heavy atom. The minimum absolute atomic E-state index is 0.409. The molecule has 1 aliphatic rings. The van der Waals surface area contributed by atoms with Crippen molar-refractivity contribution in [2.24, 2.45) is 5.92 Å². The minimum Gasteiger partial charge on any atom is -0.347 e. The fourth-order valence-electron chi connectivity index (χ4n) is 2.53. The third kappa shape index (κ3) is 1.98. The topological polar surface area (TPSA) is 17.0 Å². The molecule has 90 valence electrons. The fraction of sp³-hybridized carbons (Fsp3) is 0.467. The van der Waals surface area contributed by atoms with Crippen molar-refractivity contribution < 1.29 is 0 Å². The van der Waals surface area contributed by atoms with E-state index in [0.717, 1.165) is 5.92 Å². The summed E-state index contributed by atoms with van der Waals surface area (Å²) in [5, 5.41) is 4.71. The zero-order chi connectivity index (χ0) is 11.8. The van der Waals surface area contributed by atoms with Gasteiger partial charge in [0.15, 0.2) is 0 Å². The molecule has 1 fully saturated rings. The zero-order valence-corrected chi connectivity index (χ0v) is 10.6. The van der Waals surface area contributed by atoms with Crippen LogP contribution in [-0.4, -0.2) is 11.6 Å². The largest absolute Gasteiger partial charge is 0.347 e. The highest BCUT2D eigenvalue weighted by atomic mass is 15.0. The van der Waals surface area contributed by atoms with E-state index in [4.69, 9.17) is 0 Å². The normalized spacial score (nSPS) is 17.5. The number of hydrogen-bond donors (Lipinski definition) is 1. The number of nitrogens with zero attached hydrogens (tertiary/aromatic N) is 1. The molecule has 1 aromatic carbocycles. The smallest absolute Gasteiger partial charge is 0.0528 e. The Kier molecular flexibility index (Phi) is 2.67. The lowest BCUT2D eigenvalue weighted by Gasteiger charge is -2.15. The monoisotopic (exact) mass is 228 g/mol. The van der Waals surface area contributed by atoms with Crippen LogP contribution in [0.1, 0.15) is 31.4 Å². The molecule has 17 heavy (non-hydrogen) atoms. The van der Waals surface area contributed by atoms with Crippen molar-refractivity contribution in [1.82, 2.24) is 9.88 Å². The second-order valence-electron chi connectivity index (χ2n) is 5.21. The number of rotatable bonds is 4. The molecular formula is C15H20N2. The highest BCUT2D eigenvalue weighted by Gasteiger charge is 2.22. The van der Waals surface area contributed by atoms with Gasteiger partial charge in [-0.25, -0.2) is 0 Å². The summed E-state index contributed by atoms with van der Waals surface area (Å²) in [6.07, 6.45) is 5.06. The Morgan fingerprint density at radius 1 is 1.35 bits per heavy atom. The molecule has 3 rings (SSSR count). The van der Waals surface area contributed by atoms with Crippen molar-refractivity contribution in [3.63, 3.8) is 0 Å². The standard InChI is InChI=1S/C15H20N2/c1-11(16-2)14-5-3-4-13-8-9-17(15(13)14)10-12-6-7-12/h3-5,8-9,11-12,16H,6-7,10H2,1-2H3. The third-order valence-electron chi connectivity index (χ3n) is 3.87. The van der Waals surface area contributed by atoms with Crippen LogP contribution in [0, 0.1) is 5.92 Å². The van der Waals surface area contributed by atoms with Gasteiger partial charge in [0.25, 0.3) is 0 Å². The SMILES string of the molecule is CNC(C)c1cccc2ccn(CC3CC3)c12. The molecule has 1 heterocycles. The molecule has 2 heteroatoms. The van der Waals surface area contributed by atoms with Gasteiger partial charge < -0.3 is 9.88 Å². The molecule has 0 saturated heterocycles. The lowest BCUT2D eigenvalue weighted by Crippen LogP contribution is -2.14. The van der Waals surface area contributed by atoms with Crippen LogP contribution in [0.3, 0.4) is 0 Å². The summed E-state index contributed by atoms with van der Waals surface area (Å²) in [7, 11) is 2.03. The van der Waals surface area contributed by atoms with Gasteiger partial charge in [0.1, 0.15) is 0 Å². The summed E-state index contributed by atoms with van der Waals surface area (Å²) in [5.41, 5.74) is 2.83. The maximum absolute atomic E-state index is 3.35. The fourth-order valence-corrected chi connectivity index (χ4v) is 2.53. The molecule has 1 aliphatic carbocycles. The van der Waals surface area contributed by atoms with Crippen LogP contribution in [0.4, 0.5) is 0 Å². The van der Waals surface area contributed by atoms with E-state index in [2.05, 4.69) is 47.3 Å². The van der Waals surface area contributed by atoms with Crippen molar-refractivity contribution in [1.29, 1.82) is 0 Å². The molecule has 2 nitrogen and oxygen atoms in total. The number of para-hydroxylation sites is 1. The Morgan fingerprint density at radius 2 is 2.18 bits per heavy atom. The van der Waals surface area contributed by atoms with E-state index >= 15 is 0 Å². The van der Waals surface area contributed by atoms with E-state index in [9.17, 15) is 0 Å². The molecule has 1 aromatic heterocycles. The van der Waals surface area contributed by atoms with Gasteiger partial charge in [0.2, 0.25) is 0 Å². The number of nitrogens with one attached hydrogen (secondary N) is 1. The number of fused-ring (bicyclic) bond motifs is 1. The molecule has 0 bridgehead atoms. The quantitative estimate of drug-likeness (QED) is 0.849. The van der Waals surface area contributed by atoms with Crippen LogP contribution in [0.25, 0.3) is 10.9 Å². The maximum atomic E-state index is 3.35. The lowest BCUT2D eigenvalue weighted by atomic mass is 10.1. The van der Waals surface area contributed by atoms with E-state index in [-0.39, 0.29) is 0 Å². The first-order valence-corrected chi connectivity index (χ1v) is 6.54. The average Bonchev–Trinajstić information content (AvgIpc) is 3.08. The lowest BCUT2D eigenvalue weighted by molar-refractivity contribution is 0.627. The van der Waals surface area contributed by atoms with E-state index in [1.54, 1.807) is 0 Å². The molecule has 1 N–H and O–H groups in total. The molecule has 0 amide bonds. The summed E-state index contributed by atoms with van der Waals surface area (Å²) in [5.74, 6) is 0.920. The van der Waals surface area contributed by atoms with E-state index < -0.39 is 0 Å². The van der Waals surface area contributed by atoms with Gasteiger partial charge in [-0.05, 0) is 49.7 Å². The second kappa shape index (κ2) is 4.19. The summed E-state index contributed by atoms with van der Waals surface area (Å²) >= 11 is 0. The Balaban J connectivity index is 2.09. The van der Waals surface area contributed by atoms with Crippen molar-refractivity contribution in [2.45, 2.75) is 32.4 Å². The average molecular weight is 228 g/mol. The van der Waals surface area contributed by atoms with Gasteiger partial charge in [-0.3, -0.25) is 0 Å². The summed E-state index contributed by atoms with van der Waals surface area (Å²) in [4.78, 5) is 0. The van der Waals surface area contributed by atoms with Crippen LogP contribution in [0.5, 0.6) is 0 Å². The highest BCUT2D eigenvalue weighted by Crippen LogP contribution is 2.33. The predicted octanol–water partition coefficient (Wildman–Crippen LogP) is 3.33. The van der Waals surface area contributed by atoms with E-state index in [1.165, 1.54) is 35.9 Å². The Labute approximate surface area is 103 Å². The zero-order valence-electron chi connectivity index (χ0n) is 10.6. The second-order valence-corrected chi connectivity index (χ2v) is 5.21. The van der Waals surface area contributed by atoms with Gasteiger partial charge in [-0.2, -0.15) is 0 Å². The van der Waals surface area contributed by atoms with Crippen molar-refractivity contribution in [2.75, 3.05) is 7.05 Å². The number of benzene rings is 1. The van der Waals surface area contributed by atoms with Gasteiger partial charge >= 0.3 is 0 Å². The molecule has 2 aromatic rings. The third-order valence-corrected chi connectivity index (χ3v) is 3.87. The molecule has 1 saturated carbocycles. The molecular weight excluding hydrogens is 208 g/mol. The molecule has 1 atom stereocenters. The summed E-state index contributed by atoms with van der Waals surface area (Å²) in [6.45, 7) is 3.42. The van der Waals surface area contributed by atoms with Gasteiger partial charge in [0.05, 0.1) is 5.52 Å². The van der Waals surface area contributed by atoms with Crippen LogP contribution in [0.15, 0.2) is 30.5 Å². The van der Waals surface area contributed by atoms with E-state index in [1.807, 2.05) is 7.05 Å². The van der Waals surface area contributed by atoms with Crippen molar-refractivity contribution >= 4 is 10.9 Å². The van der Waals surface area contributed by atoms with Gasteiger partial charge in [0, 0.05) is 18.8 Å². The number of hydrogen-bond acceptors (Lipinski definition) is 1. The molecule has 1 unspecified atom stereocenters. The van der Waals surface area contributed by atoms with Crippen LogP contribution < -0.4 is 5.32 Å².